The second kappa shape index (κ2) is 24.0. The summed E-state index contributed by atoms with van der Waals surface area (Å²) in [5, 5.41) is 175. The van der Waals surface area contributed by atoms with Crippen molar-refractivity contribution in [2.24, 2.45) is 50.2 Å². The van der Waals surface area contributed by atoms with E-state index in [-0.39, 0.29) is 41.8 Å². The van der Waals surface area contributed by atoms with Crippen LogP contribution in [-0.4, -0.2) is 274 Å². The molecule has 34 atom stereocenters. The standard InChI is InChI=1S/C58H94O27/c1-22-31(63)34(66)38(70)49(78-22)83-43-32(64)25(61)19-77-51(43)84-44-37(69)36(68)42(47(74)75)82-52(44)80-30-12-13-55(5)28(56(30,6)21-60)11-14-58(8)29(55)10-9-23-24-17-53(2,3)45(73)46(54(24,4)15-16-57(23,58)7)85-48-40(72)41(26(62)20-76-48)81-50-39(71)35(67)33(65)27(18-59)79-50/h9,22,24-46,48-52,59-73H,10-21H2,1-8H3,(H,74,75)/t22-,24-,25-,26+,27+,28+,29+,30-,31-,32-,33+,34+,35-,36-,37-,38+,39+,40-,41-,42-,43+,44+,45-,46+,48-,49-,50-,51-,52+,54+,55-,56-,57+,58+/m0/s1. The highest BCUT2D eigenvalue weighted by Gasteiger charge is 2.71. The van der Waals surface area contributed by atoms with Gasteiger partial charge in [0.05, 0.1) is 50.8 Å². The van der Waals surface area contributed by atoms with Crippen LogP contribution in [0.1, 0.15) is 107 Å². The van der Waals surface area contributed by atoms with E-state index in [1.165, 1.54) is 12.5 Å². The predicted molar refractivity (Wildman–Crippen MR) is 285 cm³/mol. The smallest absolute Gasteiger partial charge is 0.335 e. The lowest BCUT2D eigenvalue weighted by Gasteiger charge is -2.72. The maximum absolute atomic E-state index is 12.6. The predicted octanol–water partition coefficient (Wildman–Crippen LogP) is -3.40. The molecule has 5 aliphatic carbocycles. The Hall–Kier alpha value is -1.79. The summed E-state index contributed by atoms with van der Waals surface area (Å²) in [6.45, 7) is 14.3. The van der Waals surface area contributed by atoms with Crippen molar-refractivity contribution in [3.8, 4) is 0 Å². The number of carboxylic acids is 1. The molecule has 0 aromatic rings. The second-order valence-electron chi connectivity index (χ2n) is 28.3. The number of carbonyl (C=O) groups is 1. The van der Waals surface area contributed by atoms with Crippen LogP contribution >= 0.6 is 0 Å². The van der Waals surface area contributed by atoms with Crippen molar-refractivity contribution in [2.75, 3.05) is 26.4 Å². The van der Waals surface area contributed by atoms with Gasteiger partial charge in [-0.2, -0.15) is 0 Å². The molecule has 4 saturated carbocycles. The zero-order valence-corrected chi connectivity index (χ0v) is 49.5. The largest absolute Gasteiger partial charge is 0.479 e. The maximum Gasteiger partial charge on any atom is 0.335 e. The Morgan fingerprint density at radius 1 is 0.565 bits per heavy atom. The Morgan fingerprint density at radius 3 is 1.84 bits per heavy atom. The van der Waals surface area contributed by atoms with Gasteiger partial charge in [0.25, 0.3) is 0 Å². The number of aliphatic hydroxyl groups excluding tert-OH is 15. The van der Waals surface area contributed by atoms with Gasteiger partial charge in [-0.25, -0.2) is 4.79 Å². The van der Waals surface area contributed by atoms with Gasteiger partial charge in [-0.05, 0) is 97.7 Å². The molecule has 10 aliphatic rings. The summed E-state index contributed by atoms with van der Waals surface area (Å²) in [6.07, 6.45) is -34.3. The van der Waals surface area contributed by atoms with Gasteiger partial charge in [0.15, 0.2) is 37.6 Å². The van der Waals surface area contributed by atoms with Crippen LogP contribution in [-0.2, 0) is 52.2 Å². The van der Waals surface area contributed by atoms with Gasteiger partial charge in [-0.15, -0.1) is 0 Å². The molecule has 16 N–H and O–H groups in total. The van der Waals surface area contributed by atoms with Gasteiger partial charge >= 0.3 is 5.97 Å². The summed E-state index contributed by atoms with van der Waals surface area (Å²) < 4.78 is 60.3. The lowest BCUT2D eigenvalue weighted by molar-refractivity contribution is -0.387. The van der Waals surface area contributed by atoms with Gasteiger partial charge in [0, 0.05) is 10.8 Å². The number of rotatable bonds is 13. The van der Waals surface area contributed by atoms with Gasteiger partial charge in [-0.3, -0.25) is 0 Å². The van der Waals surface area contributed by atoms with Crippen LogP contribution in [0.5, 0.6) is 0 Å². The SMILES string of the molecule is C[C@@H]1O[C@@H](O[C@H]2[C@H](O[C@H]3[C@H](O[C@H]4CC[C@@]5(C)[C@@H](CC[C@]6(C)[C@@H]5CC=C5[C@@H]7CC(C)(C)[C@@H](O)[C@@H](O[C@@H]8OC[C@@H](O)[C@H](O[C@@H]9O[C@H](CO)[C@@H](O)[C@H](O)[C@H]9O)[C@@H]8O)[C@]7(C)CC[C@]56C)[C@]4(C)CO)O[C@H](C(=O)O)[C@@H](O)[C@@H]3O)OC[C@H](O)[C@@H]2O)[C@H](O)[C@H](O)[C@H]1O. The highest BCUT2D eigenvalue weighted by atomic mass is 16.8. The fourth-order valence-electron chi connectivity index (χ4n) is 17.6. The first-order valence-electron chi connectivity index (χ1n) is 30.2. The Labute approximate surface area is 493 Å². The van der Waals surface area contributed by atoms with E-state index in [0.717, 1.165) is 6.42 Å². The number of ether oxygens (including phenoxy) is 10. The van der Waals surface area contributed by atoms with Crippen LogP contribution in [0.3, 0.4) is 0 Å². The molecule has 10 rings (SSSR count). The quantitative estimate of drug-likeness (QED) is 0.0631. The van der Waals surface area contributed by atoms with Gasteiger partial charge in [0.1, 0.15) is 97.7 Å². The minimum Gasteiger partial charge on any atom is -0.479 e. The monoisotopic (exact) mass is 1220 g/mol. The molecular formula is C58H94O27. The molecule has 0 aromatic carbocycles. The second-order valence-corrected chi connectivity index (χ2v) is 28.3. The van der Waals surface area contributed by atoms with Crippen molar-refractivity contribution in [3.63, 3.8) is 0 Å². The van der Waals surface area contributed by atoms with E-state index < -0.39 is 200 Å². The zero-order valence-electron chi connectivity index (χ0n) is 49.5. The van der Waals surface area contributed by atoms with Crippen molar-refractivity contribution >= 4 is 5.97 Å². The van der Waals surface area contributed by atoms with E-state index in [2.05, 4.69) is 33.8 Å². The number of carboxylic acid groups (broad SMARTS) is 1. The molecule has 85 heavy (non-hydrogen) atoms. The molecule has 27 nitrogen and oxygen atoms in total. The summed E-state index contributed by atoms with van der Waals surface area (Å²) in [5.74, 6) is -1.89. The number of aliphatic carboxylic acids is 1. The molecule has 0 aromatic heterocycles. The molecule has 5 heterocycles. The van der Waals surface area contributed by atoms with E-state index in [1.807, 2.05) is 20.8 Å². The Kier molecular flexibility index (Phi) is 18.7. The molecule has 488 valence electrons. The van der Waals surface area contributed by atoms with Crippen molar-refractivity contribution in [2.45, 2.75) is 266 Å². The minimum atomic E-state index is -2.08. The molecular weight excluding hydrogens is 1130 g/mol. The lowest BCUT2D eigenvalue weighted by atomic mass is 9.33. The van der Waals surface area contributed by atoms with E-state index in [0.29, 0.717) is 44.9 Å². The van der Waals surface area contributed by atoms with Gasteiger partial charge < -0.3 is 129 Å². The van der Waals surface area contributed by atoms with Crippen LogP contribution < -0.4 is 0 Å². The summed E-state index contributed by atoms with van der Waals surface area (Å²) in [5.41, 5.74) is -2.35. The van der Waals surface area contributed by atoms with Crippen LogP contribution in [0.4, 0.5) is 0 Å². The number of fused-ring (bicyclic) bond motifs is 7. The molecule has 0 radical (unpaired) electrons. The first-order valence-corrected chi connectivity index (χ1v) is 30.2. The van der Waals surface area contributed by atoms with Crippen molar-refractivity contribution in [3.05, 3.63) is 11.6 Å². The summed E-state index contributed by atoms with van der Waals surface area (Å²) >= 11 is 0. The summed E-state index contributed by atoms with van der Waals surface area (Å²) in [4.78, 5) is 12.6. The third-order valence-electron chi connectivity index (χ3n) is 23.2. The lowest BCUT2D eigenvalue weighted by Crippen LogP contribution is -2.69. The topological polar surface area (TPSA) is 433 Å². The van der Waals surface area contributed by atoms with Crippen LogP contribution in [0.25, 0.3) is 0 Å². The van der Waals surface area contributed by atoms with E-state index >= 15 is 0 Å². The maximum atomic E-state index is 12.6. The van der Waals surface area contributed by atoms with Crippen molar-refractivity contribution in [1.29, 1.82) is 0 Å². The molecule has 0 spiro atoms. The van der Waals surface area contributed by atoms with Crippen molar-refractivity contribution in [1.82, 2.24) is 0 Å². The molecule has 0 amide bonds. The van der Waals surface area contributed by atoms with Crippen LogP contribution in [0, 0.1) is 50.2 Å². The third-order valence-corrected chi connectivity index (χ3v) is 23.2. The van der Waals surface area contributed by atoms with E-state index in [9.17, 15) is 86.5 Å². The van der Waals surface area contributed by atoms with E-state index in [1.54, 1.807) is 0 Å². The van der Waals surface area contributed by atoms with Gasteiger partial charge in [-0.1, -0.05) is 60.1 Å². The summed E-state index contributed by atoms with van der Waals surface area (Å²) in [6, 6.07) is 0. The van der Waals surface area contributed by atoms with Gasteiger partial charge in [0.2, 0.25) is 0 Å². The van der Waals surface area contributed by atoms with Crippen molar-refractivity contribution < 1.29 is 134 Å². The Bertz CT molecular complexity index is 2390. The molecule has 27 heteroatoms. The average Bonchev–Trinajstić information content (AvgIpc) is 0.713. The highest BCUT2D eigenvalue weighted by Crippen LogP contribution is 2.76. The average molecular weight is 1220 g/mol. The fraction of sp³-hybridized carbons (Fsp3) is 0.948. The zero-order chi connectivity index (χ0) is 62.2. The number of aliphatic hydroxyl groups is 15. The van der Waals surface area contributed by atoms with Crippen LogP contribution in [0.2, 0.25) is 0 Å². The first-order chi connectivity index (χ1) is 39.7. The number of allylic oxidation sites excluding steroid dienone is 2. The van der Waals surface area contributed by atoms with Crippen LogP contribution in [0.15, 0.2) is 11.6 Å². The minimum absolute atomic E-state index is 0.0623. The Balaban J connectivity index is 0.884. The summed E-state index contributed by atoms with van der Waals surface area (Å²) in [7, 11) is 0. The third kappa shape index (κ3) is 10.8. The first kappa shape index (κ1) is 66.1. The molecule has 5 saturated heterocycles. The molecule has 0 bridgehead atoms. The normalized spacial score (nSPS) is 56.2. The highest BCUT2D eigenvalue weighted by molar-refractivity contribution is 5.73. The van der Waals surface area contributed by atoms with E-state index in [4.69, 9.17) is 47.4 Å². The number of hydrogen-bond donors (Lipinski definition) is 16. The Morgan fingerprint density at radius 2 is 1.18 bits per heavy atom. The molecule has 0 unspecified atom stereocenters. The molecule has 9 fully saturated rings. The fourth-order valence-corrected chi connectivity index (χ4v) is 17.6. The molecule has 5 aliphatic heterocycles. The number of hydrogen-bond acceptors (Lipinski definition) is 26.